The van der Waals surface area contributed by atoms with E-state index in [1.54, 1.807) is 11.8 Å². The first-order chi connectivity index (χ1) is 9.60. The van der Waals surface area contributed by atoms with Crippen LogP contribution in [0.4, 0.5) is 0 Å². The van der Waals surface area contributed by atoms with Crippen molar-refractivity contribution < 1.29 is 14.3 Å². The lowest BCUT2D eigenvalue weighted by Gasteiger charge is -2.29. The second-order valence-corrected chi connectivity index (χ2v) is 6.14. The summed E-state index contributed by atoms with van der Waals surface area (Å²) >= 11 is 1.77. The van der Waals surface area contributed by atoms with Crippen LogP contribution in [0.1, 0.15) is 25.5 Å². The van der Waals surface area contributed by atoms with E-state index in [1.807, 2.05) is 26.0 Å². The van der Waals surface area contributed by atoms with Crippen LogP contribution in [0.15, 0.2) is 24.3 Å². The van der Waals surface area contributed by atoms with Gasteiger partial charge in [0.15, 0.2) is 0 Å². The molecule has 1 N–H and O–H groups in total. The fourth-order valence-electron chi connectivity index (χ4n) is 2.16. The lowest BCUT2D eigenvalue weighted by atomic mass is 10.1. The number of esters is 1. The number of benzene rings is 1. The van der Waals surface area contributed by atoms with Gasteiger partial charge in [-0.25, -0.2) is 0 Å². The highest BCUT2D eigenvalue weighted by molar-refractivity contribution is 7.99. The zero-order chi connectivity index (χ0) is 14.5. The van der Waals surface area contributed by atoms with Crippen molar-refractivity contribution in [3.05, 3.63) is 29.8 Å². The highest BCUT2D eigenvalue weighted by Gasteiger charge is 2.28. The van der Waals surface area contributed by atoms with Gasteiger partial charge in [0.2, 0.25) is 0 Å². The van der Waals surface area contributed by atoms with Gasteiger partial charge in [0, 0.05) is 17.5 Å². The number of carbonyl (C=O) groups excluding carboxylic acids is 1. The maximum Gasteiger partial charge on any atom is 0.323 e. The lowest BCUT2D eigenvalue weighted by Crippen LogP contribution is -2.45. The van der Waals surface area contributed by atoms with Gasteiger partial charge >= 0.3 is 5.97 Å². The Morgan fingerprint density at radius 1 is 1.30 bits per heavy atom. The molecule has 20 heavy (non-hydrogen) atoms. The van der Waals surface area contributed by atoms with Gasteiger partial charge in [-0.2, -0.15) is 11.8 Å². The van der Waals surface area contributed by atoms with Crippen molar-refractivity contribution in [3.8, 4) is 5.75 Å². The zero-order valence-electron chi connectivity index (χ0n) is 12.1. The molecule has 2 unspecified atom stereocenters. The van der Waals surface area contributed by atoms with E-state index in [4.69, 9.17) is 9.47 Å². The van der Waals surface area contributed by atoms with Gasteiger partial charge in [-0.15, -0.1) is 0 Å². The lowest BCUT2D eigenvalue weighted by molar-refractivity contribution is -0.142. The monoisotopic (exact) mass is 295 g/mol. The fourth-order valence-corrected chi connectivity index (χ4v) is 3.29. The van der Waals surface area contributed by atoms with Crippen molar-refractivity contribution in [1.82, 2.24) is 5.32 Å². The predicted octanol–water partition coefficient (Wildman–Crippen LogP) is 2.39. The molecule has 0 aromatic heterocycles. The second-order valence-electron chi connectivity index (χ2n) is 5.07. The highest BCUT2D eigenvalue weighted by Crippen LogP contribution is 2.26. The van der Waals surface area contributed by atoms with Crippen LogP contribution in [0.3, 0.4) is 0 Å². The number of hydrogen-bond acceptors (Lipinski definition) is 5. The molecule has 2 atom stereocenters. The number of carbonyl (C=O) groups is 1. The average Bonchev–Trinajstić information content (AvgIpc) is 2.47. The summed E-state index contributed by atoms with van der Waals surface area (Å²) in [6, 6.07) is 8.00. The maximum absolute atomic E-state index is 11.6. The first kappa shape index (κ1) is 15.2. The van der Waals surface area contributed by atoms with Crippen LogP contribution in [0.5, 0.6) is 5.75 Å². The molecule has 110 valence electrons. The number of thioether (sulfide) groups is 1. The van der Waals surface area contributed by atoms with Gasteiger partial charge < -0.3 is 9.47 Å². The molecule has 5 heteroatoms. The van der Waals surface area contributed by atoms with Crippen molar-refractivity contribution >= 4 is 17.7 Å². The smallest absolute Gasteiger partial charge is 0.323 e. The summed E-state index contributed by atoms with van der Waals surface area (Å²) in [6.07, 6.45) is 0.174. The van der Waals surface area contributed by atoms with Crippen LogP contribution >= 0.6 is 11.8 Å². The summed E-state index contributed by atoms with van der Waals surface area (Å²) in [6.45, 7) is 4.02. The third-order valence-electron chi connectivity index (χ3n) is 3.11. The number of ether oxygens (including phenoxy) is 2. The molecule has 0 aliphatic carbocycles. The first-order valence-corrected chi connectivity index (χ1v) is 7.94. The average molecular weight is 295 g/mol. The van der Waals surface area contributed by atoms with Crippen LogP contribution in [0.25, 0.3) is 0 Å². The van der Waals surface area contributed by atoms with Gasteiger partial charge in [0.25, 0.3) is 0 Å². The molecular weight excluding hydrogens is 274 g/mol. The van der Waals surface area contributed by atoms with Gasteiger partial charge in [-0.3, -0.25) is 10.1 Å². The van der Waals surface area contributed by atoms with E-state index in [2.05, 4.69) is 17.4 Å². The van der Waals surface area contributed by atoms with E-state index in [1.165, 1.54) is 12.7 Å². The minimum atomic E-state index is -0.227. The number of hydrogen-bond donors (Lipinski definition) is 1. The SMILES string of the molecule is COC(=O)C1CSCC(c2ccc(OC(C)C)cc2)N1. The molecular formula is C15H21NO3S. The maximum atomic E-state index is 11.6. The number of rotatable bonds is 4. The zero-order valence-corrected chi connectivity index (χ0v) is 12.9. The Hall–Kier alpha value is -1.20. The summed E-state index contributed by atoms with van der Waals surface area (Å²) in [5.41, 5.74) is 1.17. The molecule has 0 saturated carbocycles. The Morgan fingerprint density at radius 3 is 2.60 bits per heavy atom. The quantitative estimate of drug-likeness (QED) is 0.864. The van der Waals surface area contributed by atoms with Crippen LogP contribution in [-0.4, -0.2) is 36.7 Å². The van der Waals surface area contributed by atoms with E-state index < -0.39 is 0 Å². The van der Waals surface area contributed by atoms with Gasteiger partial charge in [0.05, 0.1) is 13.2 Å². The Morgan fingerprint density at radius 2 is 2.00 bits per heavy atom. The molecule has 2 rings (SSSR count). The Labute approximate surface area is 124 Å². The molecule has 1 aliphatic rings. The van der Waals surface area contributed by atoms with Crippen molar-refractivity contribution in [1.29, 1.82) is 0 Å². The van der Waals surface area contributed by atoms with E-state index in [-0.39, 0.29) is 24.2 Å². The normalized spacial score (nSPS) is 22.6. The Balaban J connectivity index is 2.01. The summed E-state index contributed by atoms with van der Waals surface area (Å²) in [4.78, 5) is 11.6. The standard InChI is InChI=1S/C15H21NO3S/c1-10(2)19-12-6-4-11(5-7-12)13-8-20-9-14(16-13)15(17)18-3/h4-7,10,13-14,16H,8-9H2,1-3H3. The van der Waals surface area contributed by atoms with Crippen molar-refractivity contribution in [2.45, 2.75) is 32.0 Å². The molecule has 1 aromatic rings. The molecule has 0 amide bonds. The molecule has 1 aliphatic heterocycles. The van der Waals surface area contributed by atoms with Crippen molar-refractivity contribution in [2.75, 3.05) is 18.6 Å². The van der Waals surface area contributed by atoms with E-state index in [0.717, 1.165) is 17.3 Å². The largest absolute Gasteiger partial charge is 0.491 e. The third kappa shape index (κ3) is 3.90. The molecule has 1 heterocycles. The topological polar surface area (TPSA) is 47.6 Å². The molecule has 1 fully saturated rings. The summed E-state index contributed by atoms with van der Waals surface area (Å²) in [5, 5.41) is 3.34. The molecule has 1 saturated heterocycles. The van der Waals surface area contributed by atoms with E-state index in [9.17, 15) is 4.79 Å². The van der Waals surface area contributed by atoms with Gasteiger partial charge in [-0.05, 0) is 31.5 Å². The Kier molecular flexibility index (Phi) is 5.31. The van der Waals surface area contributed by atoms with Gasteiger partial charge in [0.1, 0.15) is 11.8 Å². The van der Waals surface area contributed by atoms with E-state index in [0.29, 0.717) is 0 Å². The van der Waals surface area contributed by atoms with E-state index >= 15 is 0 Å². The van der Waals surface area contributed by atoms with Crippen LogP contribution < -0.4 is 10.1 Å². The highest BCUT2D eigenvalue weighted by atomic mass is 32.2. The first-order valence-electron chi connectivity index (χ1n) is 6.78. The van der Waals surface area contributed by atoms with Gasteiger partial charge in [-0.1, -0.05) is 12.1 Å². The molecule has 0 spiro atoms. The second kappa shape index (κ2) is 6.99. The van der Waals surface area contributed by atoms with Crippen LogP contribution in [-0.2, 0) is 9.53 Å². The van der Waals surface area contributed by atoms with Crippen molar-refractivity contribution in [3.63, 3.8) is 0 Å². The summed E-state index contributed by atoms with van der Waals surface area (Å²) in [5.74, 6) is 2.40. The molecule has 1 aromatic carbocycles. The van der Waals surface area contributed by atoms with Crippen LogP contribution in [0.2, 0.25) is 0 Å². The molecule has 4 nitrogen and oxygen atoms in total. The number of methoxy groups -OCH3 is 1. The third-order valence-corrected chi connectivity index (χ3v) is 4.25. The summed E-state index contributed by atoms with van der Waals surface area (Å²) < 4.78 is 10.4. The van der Waals surface area contributed by atoms with Crippen LogP contribution in [0, 0.1) is 0 Å². The molecule has 0 radical (unpaired) electrons. The fraction of sp³-hybridized carbons (Fsp3) is 0.533. The molecule has 0 bridgehead atoms. The Bertz CT molecular complexity index is 447. The van der Waals surface area contributed by atoms with Crippen molar-refractivity contribution in [2.24, 2.45) is 0 Å². The number of nitrogens with one attached hydrogen (secondary N) is 1. The minimum Gasteiger partial charge on any atom is -0.491 e. The minimum absolute atomic E-state index is 0.172. The summed E-state index contributed by atoms with van der Waals surface area (Å²) in [7, 11) is 1.43. The predicted molar refractivity (Wildman–Crippen MR) is 81.2 cm³/mol.